The second-order valence-corrected chi connectivity index (χ2v) is 22.4. The van der Waals surface area contributed by atoms with Crippen LogP contribution in [0.3, 0.4) is 0 Å². The average Bonchev–Trinajstić information content (AvgIpc) is 3.43. The van der Waals surface area contributed by atoms with Gasteiger partial charge in [0.15, 0.2) is 6.10 Å². The summed E-state index contributed by atoms with van der Waals surface area (Å²) in [5, 5.41) is 0. The third-order valence-electron chi connectivity index (χ3n) is 14.7. The van der Waals surface area contributed by atoms with Crippen molar-refractivity contribution in [3.05, 3.63) is 72.9 Å². The Hall–Kier alpha value is -3.15. The zero-order valence-electron chi connectivity index (χ0n) is 51.2. The van der Waals surface area contributed by atoms with Crippen molar-refractivity contribution in [3.63, 3.8) is 0 Å². The minimum atomic E-state index is -0.796. The van der Waals surface area contributed by atoms with Crippen molar-refractivity contribution in [3.8, 4) is 0 Å². The fraction of sp³-hybridized carbons (Fsp3) is 0.789. The molecular formula is C71H126O6. The van der Waals surface area contributed by atoms with E-state index in [-0.39, 0.29) is 37.5 Å². The Morgan fingerprint density at radius 2 is 0.519 bits per heavy atom. The zero-order valence-corrected chi connectivity index (χ0v) is 51.2. The van der Waals surface area contributed by atoms with Gasteiger partial charge in [-0.15, -0.1) is 0 Å². The van der Waals surface area contributed by atoms with Crippen molar-refractivity contribution in [2.24, 2.45) is 0 Å². The standard InChI is InChI=1S/C71H126O6/c1-4-7-10-13-16-19-22-24-26-28-30-31-32-33-34-35-36-37-38-39-41-42-44-46-49-52-55-58-61-64-70(73)76-67-68(66-75-69(72)63-60-57-54-51-48-21-18-15-12-9-6-3)77-71(74)65-62-59-56-53-50-47-45-43-40-29-27-25-23-20-17-14-11-8-5-2/h8,11,15,17-18,20,25,27,40,43,47,50,68H,4-7,9-10,12-14,16,19,21-24,26,28-39,41-42,44-46,48-49,51-67H2,1-3H3/b11-8-,18-15-,20-17-,27-25-,43-40-,50-47-. The van der Waals surface area contributed by atoms with Gasteiger partial charge in [-0.05, 0) is 83.5 Å². The molecule has 0 aromatic rings. The third kappa shape index (κ3) is 63.6. The Bertz CT molecular complexity index is 1420. The zero-order chi connectivity index (χ0) is 55.7. The van der Waals surface area contributed by atoms with Gasteiger partial charge in [0.05, 0.1) is 0 Å². The molecule has 0 heterocycles. The summed E-state index contributed by atoms with van der Waals surface area (Å²) < 4.78 is 16.9. The highest BCUT2D eigenvalue weighted by molar-refractivity contribution is 5.71. The molecule has 0 aromatic carbocycles. The van der Waals surface area contributed by atoms with Crippen molar-refractivity contribution < 1.29 is 28.6 Å². The summed E-state index contributed by atoms with van der Waals surface area (Å²) in [6.45, 7) is 6.50. The van der Waals surface area contributed by atoms with Crippen LogP contribution in [0.2, 0.25) is 0 Å². The maximum Gasteiger partial charge on any atom is 0.306 e. The van der Waals surface area contributed by atoms with Crippen molar-refractivity contribution in [1.82, 2.24) is 0 Å². The third-order valence-corrected chi connectivity index (χ3v) is 14.7. The number of ether oxygens (including phenoxy) is 3. The number of hydrogen-bond acceptors (Lipinski definition) is 6. The fourth-order valence-electron chi connectivity index (χ4n) is 9.69. The molecule has 1 unspecified atom stereocenters. The van der Waals surface area contributed by atoms with Gasteiger partial charge in [-0.3, -0.25) is 14.4 Å². The minimum Gasteiger partial charge on any atom is -0.462 e. The Morgan fingerprint density at radius 1 is 0.273 bits per heavy atom. The molecule has 0 saturated heterocycles. The first-order valence-corrected chi connectivity index (χ1v) is 33.4. The molecule has 1 atom stereocenters. The molecular weight excluding hydrogens is 949 g/mol. The average molecular weight is 1080 g/mol. The van der Waals surface area contributed by atoms with Gasteiger partial charge >= 0.3 is 17.9 Å². The molecule has 0 rings (SSSR count). The molecule has 0 amide bonds. The largest absolute Gasteiger partial charge is 0.462 e. The first-order chi connectivity index (χ1) is 38.0. The van der Waals surface area contributed by atoms with E-state index in [1.807, 2.05) is 0 Å². The van der Waals surface area contributed by atoms with Gasteiger partial charge < -0.3 is 14.2 Å². The maximum absolute atomic E-state index is 12.9. The highest BCUT2D eigenvalue weighted by Gasteiger charge is 2.19. The van der Waals surface area contributed by atoms with Crippen LogP contribution in [-0.4, -0.2) is 37.2 Å². The molecule has 77 heavy (non-hydrogen) atoms. The quantitative estimate of drug-likeness (QED) is 0.0261. The highest BCUT2D eigenvalue weighted by atomic mass is 16.6. The molecule has 0 spiro atoms. The Kier molecular flexibility index (Phi) is 62.7. The lowest BCUT2D eigenvalue weighted by atomic mass is 10.0. The normalized spacial score (nSPS) is 12.5. The SMILES string of the molecule is CC/C=C\C/C=C\C/C=C\C/C=C\C/C=C\CCCCCC(=O)OC(COC(=O)CCCCCCC/C=C\CCCC)COC(=O)CCCCCCCCCCCCCCCCCCCCCCCCCCCCCCC. The summed E-state index contributed by atoms with van der Waals surface area (Å²) in [6.07, 6.45) is 85.1. The second kappa shape index (κ2) is 65.4. The molecule has 0 aliphatic carbocycles. The predicted octanol–water partition coefficient (Wildman–Crippen LogP) is 22.9. The van der Waals surface area contributed by atoms with E-state index in [9.17, 15) is 14.4 Å². The van der Waals surface area contributed by atoms with Crippen molar-refractivity contribution in [1.29, 1.82) is 0 Å². The lowest BCUT2D eigenvalue weighted by molar-refractivity contribution is -0.167. The number of carbonyl (C=O) groups excluding carboxylic acids is 3. The first-order valence-electron chi connectivity index (χ1n) is 33.4. The van der Waals surface area contributed by atoms with Crippen LogP contribution in [0, 0.1) is 0 Å². The van der Waals surface area contributed by atoms with Crippen LogP contribution in [0.25, 0.3) is 0 Å². The molecule has 0 radical (unpaired) electrons. The topological polar surface area (TPSA) is 78.9 Å². The number of esters is 3. The Labute approximate surface area is 478 Å². The van der Waals surface area contributed by atoms with Crippen LogP contribution >= 0.6 is 0 Å². The van der Waals surface area contributed by atoms with E-state index < -0.39 is 6.10 Å². The van der Waals surface area contributed by atoms with E-state index in [1.165, 1.54) is 199 Å². The summed E-state index contributed by atoms with van der Waals surface area (Å²) >= 11 is 0. The molecule has 0 bridgehead atoms. The van der Waals surface area contributed by atoms with E-state index in [0.29, 0.717) is 12.8 Å². The van der Waals surface area contributed by atoms with E-state index >= 15 is 0 Å². The Morgan fingerprint density at radius 3 is 0.857 bits per heavy atom. The summed E-state index contributed by atoms with van der Waals surface area (Å²) in [6, 6.07) is 0. The number of carbonyl (C=O) groups is 3. The van der Waals surface area contributed by atoms with E-state index in [2.05, 4.69) is 93.7 Å². The summed E-state index contributed by atoms with van der Waals surface area (Å²) in [7, 11) is 0. The number of unbranched alkanes of at least 4 members (excludes halogenated alkanes) is 38. The van der Waals surface area contributed by atoms with Gasteiger partial charge in [-0.2, -0.15) is 0 Å². The van der Waals surface area contributed by atoms with Gasteiger partial charge in [0.25, 0.3) is 0 Å². The van der Waals surface area contributed by atoms with Crippen molar-refractivity contribution in [2.75, 3.05) is 13.2 Å². The molecule has 446 valence electrons. The first kappa shape index (κ1) is 73.8. The van der Waals surface area contributed by atoms with Gasteiger partial charge in [-0.1, -0.05) is 312 Å². The fourth-order valence-corrected chi connectivity index (χ4v) is 9.69. The minimum absolute atomic E-state index is 0.0889. The monoisotopic (exact) mass is 1070 g/mol. The second-order valence-electron chi connectivity index (χ2n) is 22.4. The van der Waals surface area contributed by atoms with Gasteiger partial charge in [0.1, 0.15) is 13.2 Å². The lowest BCUT2D eigenvalue weighted by Gasteiger charge is -2.18. The maximum atomic E-state index is 12.9. The lowest BCUT2D eigenvalue weighted by Crippen LogP contribution is -2.30. The molecule has 0 fully saturated rings. The smallest absolute Gasteiger partial charge is 0.306 e. The number of rotatable bonds is 61. The van der Waals surface area contributed by atoms with E-state index in [4.69, 9.17) is 14.2 Å². The summed E-state index contributed by atoms with van der Waals surface area (Å²) in [5.74, 6) is -0.917. The molecule has 0 aliphatic heterocycles. The highest BCUT2D eigenvalue weighted by Crippen LogP contribution is 2.18. The van der Waals surface area contributed by atoms with Crippen LogP contribution < -0.4 is 0 Å². The molecule has 6 nitrogen and oxygen atoms in total. The summed E-state index contributed by atoms with van der Waals surface area (Å²) in [4.78, 5) is 38.2. The van der Waals surface area contributed by atoms with Crippen LogP contribution in [0.5, 0.6) is 0 Å². The molecule has 6 heteroatoms. The van der Waals surface area contributed by atoms with Crippen LogP contribution in [0.1, 0.15) is 342 Å². The molecule has 0 N–H and O–H groups in total. The molecule has 0 aliphatic rings. The molecule has 0 aromatic heterocycles. The van der Waals surface area contributed by atoms with Crippen molar-refractivity contribution in [2.45, 2.75) is 348 Å². The van der Waals surface area contributed by atoms with Gasteiger partial charge in [0, 0.05) is 19.3 Å². The van der Waals surface area contributed by atoms with Crippen LogP contribution in [0.15, 0.2) is 72.9 Å². The summed E-state index contributed by atoms with van der Waals surface area (Å²) in [5.41, 5.74) is 0. The number of allylic oxidation sites excluding steroid dienone is 12. The predicted molar refractivity (Wildman–Crippen MR) is 335 cm³/mol. The van der Waals surface area contributed by atoms with Crippen LogP contribution in [-0.2, 0) is 28.6 Å². The van der Waals surface area contributed by atoms with Gasteiger partial charge in [0.2, 0.25) is 0 Å². The van der Waals surface area contributed by atoms with Crippen molar-refractivity contribution >= 4 is 17.9 Å². The van der Waals surface area contributed by atoms with Gasteiger partial charge in [-0.25, -0.2) is 0 Å². The van der Waals surface area contributed by atoms with Crippen LogP contribution in [0.4, 0.5) is 0 Å². The van der Waals surface area contributed by atoms with E-state index in [0.717, 1.165) is 103 Å². The number of hydrogen-bond donors (Lipinski definition) is 0. The Balaban J connectivity index is 4.20. The van der Waals surface area contributed by atoms with E-state index in [1.54, 1.807) is 0 Å². The molecule has 0 saturated carbocycles.